The summed E-state index contributed by atoms with van der Waals surface area (Å²) < 4.78 is 0. The van der Waals surface area contributed by atoms with E-state index in [4.69, 9.17) is 0 Å². The van der Waals surface area contributed by atoms with Crippen molar-refractivity contribution in [3.05, 3.63) is 35.9 Å². The molecular weight excluding hydrogens is 375 g/mol. The minimum absolute atomic E-state index is 0. The maximum atomic E-state index is 12.3. The van der Waals surface area contributed by atoms with Crippen molar-refractivity contribution in [2.45, 2.75) is 25.4 Å². The fourth-order valence-electron chi connectivity index (χ4n) is 3.30. The van der Waals surface area contributed by atoms with Gasteiger partial charge in [-0.3, -0.25) is 14.5 Å². The lowest BCUT2D eigenvalue weighted by atomic mass is 10.2. The van der Waals surface area contributed by atoms with Crippen LogP contribution < -0.4 is 10.6 Å². The molecule has 2 aliphatic heterocycles. The Bertz CT molecular complexity index is 560. The summed E-state index contributed by atoms with van der Waals surface area (Å²) in [5, 5.41) is 5.91. The second kappa shape index (κ2) is 11.4. The van der Waals surface area contributed by atoms with Crippen molar-refractivity contribution >= 4 is 36.6 Å². The Kier molecular flexibility index (Phi) is 9.94. The van der Waals surface area contributed by atoms with Crippen LogP contribution in [0.5, 0.6) is 0 Å². The zero-order valence-corrected chi connectivity index (χ0v) is 16.5. The predicted molar refractivity (Wildman–Crippen MR) is 107 cm³/mol. The number of hydrogen-bond acceptors (Lipinski definition) is 4. The molecule has 2 aliphatic rings. The molecule has 0 spiro atoms. The summed E-state index contributed by atoms with van der Waals surface area (Å²) in [6.45, 7) is 5.11. The van der Waals surface area contributed by atoms with Crippen molar-refractivity contribution in [2.24, 2.45) is 0 Å². The monoisotopic (exact) mass is 402 g/mol. The van der Waals surface area contributed by atoms with E-state index in [-0.39, 0.29) is 49.2 Å². The average Bonchev–Trinajstić information content (AvgIpc) is 3.16. The molecule has 1 aromatic carbocycles. The van der Waals surface area contributed by atoms with Gasteiger partial charge in [0.05, 0.1) is 12.6 Å². The van der Waals surface area contributed by atoms with Crippen molar-refractivity contribution in [3.63, 3.8) is 0 Å². The van der Waals surface area contributed by atoms with Gasteiger partial charge in [-0.1, -0.05) is 30.3 Å². The molecule has 2 N–H and O–H groups in total. The molecule has 2 amide bonds. The number of benzene rings is 1. The molecule has 1 aromatic rings. The number of rotatable bonds is 5. The number of nitrogens with one attached hydrogen (secondary N) is 2. The van der Waals surface area contributed by atoms with Gasteiger partial charge in [-0.2, -0.15) is 0 Å². The van der Waals surface area contributed by atoms with Crippen molar-refractivity contribution in [1.29, 1.82) is 0 Å². The minimum atomic E-state index is -0.125. The lowest BCUT2D eigenvalue weighted by Gasteiger charge is -2.34. The Morgan fingerprint density at radius 1 is 1.08 bits per heavy atom. The first-order valence-corrected chi connectivity index (χ1v) is 8.77. The van der Waals surface area contributed by atoms with Crippen LogP contribution in [0.15, 0.2) is 30.3 Å². The van der Waals surface area contributed by atoms with E-state index in [2.05, 4.69) is 39.8 Å². The summed E-state index contributed by atoms with van der Waals surface area (Å²) >= 11 is 0. The van der Waals surface area contributed by atoms with Crippen LogP contribution in [0, 0.1) is 0 Å². The molecule has 2 heterocycles. The molecule has 1 atom stereocenters. The van der Waals surface area contributed by atoms with Gasteiger partial charge in [-0.15, -0.1) is 24.8 Å². The van der Waals surface area contributed by atoms with Gasteiger partial charge in [-0.05, 0) is 24.9 Å². The van der Waals surface area contributed by atoms with Crippen LogP contribution in [0.3, 0.4) is 0 Å². The first kappa shape index (κ1) is 22.7. The van der Waals surface area contributed by atoms with Crippen molar-refractivity contribution < 1.29 is 9.59 Å². The first-order chi connectivity index (χ1) is 11.7. The van der Waals surface area contributed by atoms with E-state index in [0.29, 0.717) is 0 Å². The van der Waals surface area contributed by atoms with Crippen LogP contribution >= 0.6 is 24.8 Å². The quantitative estimate of drug-likeness (QED) is 0.772. The van der Waals surface area contributed by atoms with E-state index in [9.17, 15) is 9.59 Å². The number of halogens is 2. The van der Waals surface area contributed by atoms with Gasteiger partial charge >= 0.3 is 0 Å². The second-order valence-corrected chi connectivity index (χ2v) is 6.51. The molecular formula is C18H28Cl2N4O2. The Morgan fingerprint density at radius 3 is 2.38 bits per heavy atom. The number of piperazine rings is 1. The highest BCUT2D eigenvalue weighted by atomic mass is 35.5. The SMILES string of the molecule is Cl.Cl.O=C(NCC(=O)N1CCN(Cc2ccccc2)CC1)C1CCCN1. The summed E-state index contributed by atoms with van der Waals surface area (Å²) in [4.78, 5) is 28.4. The predicted octanol–water partition coefficient (Wildman–Crippen LogP) is 1.04. The van der Waals surface area contributed by atoms with E-state index in [1.165, 1.54) is 5.56 Å². The number of hydrogen-bond donors (Lipinski definition) is 2. The van der Waals surface area contributed by atoms with Crippen LogP contribution in [0.2, 0.25) is 0 Å². The summed E-state index contributed by atoms with van der Waals surface area (Å²) in [5.41, 5.74) is 1.30. The third-order valence-electron chi connectivity index (χ3n) is 4.76. The topological polar surface area (TPSA) is 64.7 Å². The van der Waals surface area contributed by atoms with E-state index in [0.717, 1.165) is 52.1 Å². The van der Waals surface area contributed by atoms with Gasteiger partial charge in [-0.25, -0.2) is 0 Å². The van der Waals surface area contributed by atoms with Gasteiger partial charge in [0, 0.05) is 32.7 Å². The summed E-state index contributed by atoms with van der Waals surface area (Å²) in [5.74, 6) is -0.0377. The summed E-state index contributed by atoms with van der Waals surface area (Å²) in [6, 6.07) is 10.3. The fraction of sp³-hybridized carbons (Fsp3) is 0.556. The Hall–Kier alpha value is -1.34. The molecule has 0 radical (unpaired) electrons. The molecule has 0 aliphatic carbocycles. The average molecular weight is 403 g/mol. The maximum absolute atomic E-state index is 12.3. The molecule has 3 rings (SSSR count). The molecule has 6 nitrogen and oxygen atoms in total. The van der Waals surface area contributed by atoms with Crippen LogP contribution in [-0.2, 0) is 16.1 Å². The first-order valence-electron chi connectivity index (χ1n) is 8.77. The standard InChI is InChI=1S/C18H26N4O2.2ClH/c23-17(13-20-18(24)16-7-4-8-19-16)22-11-9-21(10-12-22)14-15-5-2-1-3-6-15;;/h1-3,5-6,16,19H,4,7-14H2,(H,20,24);2*1H. The van der Waals surface area contributed by atoms with Crippen LogP contribution in [0.25, 0.3) is 0 Å². The molecule has 26 heavy (non-hydrogen) atoms. The smallest absolute Gasteiger partial charge is 0.242 e. The summed E-state index contributed by atoms with van der Waals surface area (Å²) in [7, 11) is 0. The van der Waals surface area contributed by atoms with Gasteiger partial charge in [0.15, 0.2) is 0 Å². The molecule has 146 valence electrons. The Morgan fingerprint density at radius 2 is 1.77 bits per heavy atom. The van der Waals surface area contributed by atoms with Gasteiger partial charge in [0.25, 0.3) is 0 Å². The molecule has 8 heteroatoms. The highest BCUT2D eigenvalue weighted by Gasteiger charge is 2.24. The molecule has 2 saturated heterocycles. The lowest BCUT2D eigenvalue weighted by Crippen LogP contribution is -2.52. The third-order valence-corrected chi connectivity index (χ3v) is 4.76. The second-order valence-electron chi connectivity index (χ2n) is 6.51. The number of carbonyl (C=O) groups excluding carboxylic acids is 2. The molecule has 0 saturated carbocycles. The van der Waals surface area contributed by atoms with Gasteiger partial charge in [0.2, 0.25) is 11.8 Å². The van der Waals surface area contributed by atoms with Crippen LogP contribution in [0.1, 0.15) is 18.4 Å². The zero-order chi connectivity index (χ0) is 16.8. The number of nitrogens with zero attached hydrogens (tertiary/aromatic N) is 2. The normalized spacial score (nSPS) is 20.0. The van der Waals surface area contributed by atoms with E-state index >= 15 is 0 Å². The Balaban J connectivity index is 0.00000169. The number of amides is 2. The van der Waals surface area contributed by atoms with Gasteiger partial charge in [0.1, 0.15) is 0 Å². The maximum Gasteiger partial charge on any atom is 0.242 e. The number of carbonyl (C=O) groups is 2. The van der Waals surface area contributed by atoms with Crippen LogP contribution in [-0.4, -0.2) is 66.9 Å². The van der Waals surface area contributed by atoms with Crippen molar-refractivity contribution in [2.75, 3.05) is 39.3 Å². The Labute approximate surface area is 167 Å². The lowest BCUT2D eigenvalue weighted by molar-refractivity contribution is -0.134. The van der Waals surface area contributed by atoms with Crippen LogP contribution in [0.4, 0.5) is 0 Å². The molecule has 0 aromatic heterocycles. The van der Waals surface area contributed by atoms with E-state index < -0.39 is 0 Å². The minimum Gasteiger partial charge on any atom is -0.346 e. The van der Waals surface area contributed by atoms with Crippen molar-refractivity contribution in [1.82, 2.24) is 20.4 Å². The molecule has 0 bridgehead atoms. The fourth-order valence-corrected chi connectivity index (χ4v) is 3.30. The van der Waals surface area contributed by atoms with E-state index in [1.54, 1.807) is 0 Å². The van der Waals surface area contributed by atoms with E-state index in [1.807, 2.05) is 11.0 Å². The highest BCUT2D eigenvalue weighted by Crippen LogP contribution is 2.09. The largest absolute Gasteiger partial charge is 0.346 e. The summed E-state index contributed by atoms with van der Waals surface area (Å²) in [6.07, 6.45) is 1.88. The van der Waals surface area contributed by atoms with Crippen molar-refractivity contribution in [3.8, 4) is 0 Å². The zero-order valence-electron chi connectivity index (χ0n) is 14.9. The molecule has 2 fully saturated rings. The third kappa shape index (κ3) is 6.43. The highest BCUT2D eigenvalue weighted by molar-refractivity contribution is 5.87. The van der Waals surface area contributed by atoms with Gasteiger partial charge < -0.3 is 15.5 Å². The molecule has 1 unspecified atom stereocenters.